The number of halogens is 7. The van der Waals surface area contributed by atoms with Crippen LogP contribution in [-0.2, 0) is 6.18 Å². The summed E-state index contributed by atoms with van der Waals surface area (Å²) in [5, 5.41) is -1.34. The molecule has 20 heavy (non-hydrogen) atoms. The summed E-state index contributed by atoms with van der Waals surface area (Å²) in [5.41, 5.74) is -1.55. The van der Waals surface area contributed by atoms with E-state index in [9.17, 15) is 22.0 Å². The molecule has 0 aliphatic heterocycles. The van der Waals surface area contributed by atoms with E-state index >= 15 is 0 Å². The van der Waals surface area contributed by atoms with Crippen LogP contribution in [0.2, 0.25) is 10.3 Å². The van der Waals surface area contributed by atoms with Gasteiger partial charge >= 0.3 is 6.18 Å². The van der Waals surface area contributed by atoms with Crippen molar-refractivity contribution < 1.29 is 22.0 Å². The van der Waals surface area contributed by atoms with Gasteiger partial charge in [0.25, 0.3) is 0 Å². The molecular formula is C11H3Cl2F5N2. The number of alkyl halides is 3. The maximum atomic E-state index is 13.2. The zero-order valence-corrected chi connectivity index (χ0v) is 10.8. The minimum atomic E-state index is -4.75. The summed E-state index contributed by atoms with van der Waals surface area (Å²) >= 11 is 10.8. The van der Waals surface area contributed by atoms with Crippen LogP contribution in [-0.4, -0.2) is 9.97 Å². The topological polar surface area (TPSA) is 25.8 Å². The molecular weight excluding hydrogens is 326 g/mol. The number of nitrogens with zero attached hydrogens (tertiary/aromatic N) is 2. The molecule has 0 amide bonds. The van der Waals surface area contributed by atoms with E-state index in [1.807, 2.05) is 0 Å². The van der Waals surface area contributed by atoms with E-state index < -0.39 is 39.5 Å². The summed E-state index contributed by atoms with van der Waals surface area (Å²) < 4.78 is 64.1. The van der Waals surface area contributed by atoms with Crippen LogP contribution in [0.5, 0.6) is 0 Å². The van der Waals surface area contributed by atoms with Crippen molar-refractivity contribution >= 4 is 23.2 Å². The molecule has 0 radical (unpaired) electrons. The van der Waals surface area contributed by atoms with Crippen LogP contribution in [0.15, 0.2) is 18.2 Å². The summed E-state index contributed by atoms with van der Waals surface area (Å²) in [6.07, 6.45) is -4.75. The second kappa shape index (κ2) is 5.14. The van der Waals surface area contributed by atoms with Gasteiger partial charge in [0.05, 0.1) is 5.56 Å². The highest BCUT2D eigenvalue weighted by molar-refractivity contribution is 6.33. The van der Waals surface area contributed by atoms with Gasteiger partial charge in [0.1, 0.15) is 5.82 Å². The van der Waals surface area contributed by atoms with Gasteiger partial charge in [0, 0.05) is 5.56 Å². The van der Waals surface area contributed by atoms with Crippen LogP contribution in [0.3, 0.4) is 0 Å². The zero-order valence-electron chi connectivity index (χ0n) is 9.27. The SMILES string of the molecule is Fc1cc(-c2nc(Cl)c(F)c(Cl)n2)cc(C(F)(F)F)c1. The number of aromatic nitrogens is 2. The predicted molar refractivity (Wildman–Crippen MR) is 62.4 cm³/mol. The maximum absolute atomic E-state index is 13.2. The maximum Gasteiger partial charge on any atom is 0.416 e. The van der Waals surface area contributed by atoms with E-state index in [0.717, 1.165) is 6.07 Å². The molecule has 106 valence electrons. The van der Waals surface area contributed by atoms with Crippen molar-refractivity contribution in [1.82, 2.24) is 9.97 Å². The van der Waals surface area contributed by atoms with E-state index in [1.54, 1.807) is 0 Å². The minimum Gasteiger partial charge on any atom is -0.213 e. The van der Waals surface area contributed by atoms with Crippen molar-refractivity contribution in [2.45, 2.75) is 6.18 Å². The second-order valence-electron chi connectivity index (χ2n) is 3.67. The largest absolute Gasteiger partial charge is 0.416 e. The van der Waals surface area contributed by atoms with Gasteiger partial charge in [-0.15, -0.1) is 0 Å². The molecule has 0 bridgehead atoms. The molecule has 2 rings (SSSR count). The summed E-state index contributed by atoms with van der Waals surface area (Å²) in [5.74, 6) is -2.66. The lowest BCUT2D eigenvalue weighted by molar-refractivity contribution is -0.137. The summed E-state index contributed by atoms with van der Waals surface area (Å²) in [6, 6.07) is 1.69. The Morgan fingerprint density at radius 1 is 0.900 bits per heavy atom. The van der Waals surface area contributed by atoms with Crippen LogP contribution in [0, 0.1) is 11.6 Å². The molecule has 0 unspecified atom stereocenters. The Hall–Kier alpha value is -1.47. The van der Waals surface area contributed by atoms with Crippen LogP contribution in [0.1, 0.15) is 5.56 Å². The Morgan fingerprint density at radius 2 is 1.45 bits per heavy atom. The fourth-order valence-electron chi connectivity index (χ4n) is 1.41. The van der Waals surface area contributed by atoms with Crippen molar-refractivity contribution in [2.75, 3.05) is 0 Å². The molecule has 2 nitrogen and oxygen atoms in total. The van der Waals surface area contributed by atoms with Crippen molar-refractivity contribution in [3.63, 3.8) is 0 Å². The first kappa shape index (κ1) is 14.9. The predicted octanol–water partition coefficient (Wildman–Crippen LogP) is 4.75. The number of hydrogen-bond donors (Lipinski definition) is 0. The monoisotopic (exact) mass is 328 g/mol. The van der Waals surface area contributed by atoms with Gasteiger partial charge < -0.3 is 0 Å². The van der Waals surface area contributed by atoms with Gasteiger partial charge in [-0.25, -0.2) is 18.7 Å². The fourth-order valence-corrected chi connectivity index (χ4v) is 1.79. The molecule has 0 fully saturated rings. The first-order chi connectivity index (χ1) is 9.18. The van der Waals surface area contributed by atoms with E-state index in [2.05, 4.69) is 9.97 Å². The smallest absolute Gasteiger partial charge is 0.213 e. The van der Waals surface area contributed by atoms with Crippen molar-refractivity contribution in [3.05, 3.63) is 45.7 Å². The standard InChI is InChI=1S/C11H3Cl2F5N2/c12-8-7(15)9(13)20-10(19-8)4-1-5(11(16,17)18)3-6(14)2-4/h1-3H. The third-order valence-electron chi connectivity index (χ3n) is 2.25. The van der Waals surface area contributed by atoms with Crippen molar-refractivity contribution in [2.24, 2.45) is 0 Å². The molecule has 1 aromatic carbocycles. The molecule has 2 aromatic rings. The molecule has 0 N–H and O–H groups in total. The normalized spacial score (nSPS) is 11.8. The van der Waals surface area contributed by atoms with Gasteiger partial charge in [0.2, 0.25) is 0 Å². The lowest BCUT2D eigenvalue weighted by Gasteiger charge is -2.09. The van der Waals surface area contributed by atoms with Crippen molar-refractivity contribution in [3.8, 4) is 11.4 Å². The van der Waals surface area contributed by atoms with Crippen molar-refractivity contribution in [1.29, 1.82) is 0 Å². The average molecular weight is 329 g/mol. The van der Waals surface area contributed by atoms with Gasteiger partial charge in [-0.3, -0.25) is 0 Å². The molecule has 0 aliphatic carbocycles. The first-order valence-electron chi connectivity index (χ1n) is 4.95. The highest BCUT2D eigenvalue weighted by atomic mass is 35.5. The highest BCUT2D eigenvalue weighted by Gasteiger charge is 2.31. The van der Waals surface area contributed by atoms with Crippen LogP contribution in [0.4, 0.5) is 22.0 Å². The van der Waals surface area contributed by atoms with Gasteiger partial charge in [-0.2, -0.15) is 13.2 Å². The third kappa shape index (κ3) is 2.99. The molecule has 1 aromatic heterocycles. The second-order valence-corrected chi connectivity index (χ2v) is 4.39. The summed E-state index contributed by atoms with van der Waals surface area (Å²) in [7, 11) is 0. The van der Waals surface area contributed by atoms with Gasteiger partial charge in [-0.1, -0.05) is 23.2 Å². The summed E-state index contributed by atoms with van der Waals surface area (Å²) in [6.45, 7) is 0. The lowest BCUT2D eigenvalue weighted by Crippen LogP contribution is -2.06. The molecule has 9 heteroatoms. The first-order valence-corrected chi connectivity index (χ1v) is 5.71. The van der Waals surface area contributed by atoms with E-state index in [-0.39, 0.29) is 5.56 Å². The van der Waals surface area contributed by atoms with Crippen LogP contribution < -0.4 is 0 Å². The van der Waals surface area contributed by atoms with E-state index in [0.29, 0.717) is 12.1 Å². The molecule has 0 spiro atoms. The van der Waals surface area contributed by atoms with Crippen LogP contribution in [0.25, 0.3) is 11.4 Å². The molecule has 0 atom stereocenters. The Labute approximate surface area is 119 Å². The Kier molecular flexibility index (Phi) is 3.84. The molecule has 0 saturated heterocycles. The molecule has 0 saturated carbocycles. The average Bonchev–Trinajstić information content (AvgIpc) is 2.33. The highest BCUT2D eigenvalue weighted by Crippen LogP contribution is 2.33. The lowest BCUT2D eigenvalue weighted by atomic mass is 10.1. The summed E-state index contributed by atoms with van der Waals surface area (Å²) in [4.78, 5) is 6.86. The van der Waals surface area contributed by atoms with Gasteiger partial charge in [0.15, 0.2) is 21.9 Å². The van der Waals surface area contributed by atoms with Crippen LogP contribution >= 0.6 is 23.2 Å². The number of rotatable bonds is 1. The van der Waals surface area contributed by atoms with E-state index in [4.69, 9.17) is 23.2 Å². The number of benzene rings is 1. The number of hydrogen-bond acceptors (Lipinski definition) is 2. The Bertz CT molecular complexity index is 649. The zero-order chi connectivity index (χ0) is 15.1. The minimum absolute atomic E-state index is 0.316. The fraction of sp³-hybridized carbons (Fsp3) is 0.0909. The molecule has 0 aliphatic rings. The third-order valence-corrected chi connectivity index (χ3v) is 2.75. The Balaban J connectivity index is 2.61. The molecule has 1 heterocycles. The van der Waals surface area contributed by atoms with E-state index in [1.165, 1.54) is 0 Å². The quantitative estimate of drug-likeness (QED) is 0.557. The van der Waals surface area contributed by atoms with Gasteiger partial charge in [-0.05, 0) is 18.2 Å². The Morgan fingerprint density at radius 3 is 1.95 bits per heavy atom.